The minimum atomic E-state index is -0.868. The highest BCUT2D eigenvalue weighted by atomic mass is 19.1. The van der Waals surface area contributed by atoms with E-state index >= 15 is 0 Å². The summed E-state index contributed by atoms with van der Waals surface area (Å²) in [5, 5.41) is 11.3. The van der Waals surface area contributed by atoms with Gasteiger partial charge in [-0.3, -0.25) is 9.59 Å². The molecule has 1 saturated heterocycles. The number of Topliss-reactive ketones (excluding diaryl/α,β-unsaturated/α-hetero) is 1. The van der Waals surface area contributed by atoms with Gasteiger partial charge in [0.2, 0.25) is 0 Å². The molecule has 1 heterocycles. The topological polar surface area (TPSA) is 85.3 Å². The van der Waals surface area contributed by atoms with Gasteiger partial charge >= 0.3 is 0 Å². The molecular formula is C29H28FNO6. The van der Waals surface area contributed by atoms with Crippen LogP contribution >= 0.6 is 0 Å². The molecule has 37 heavy (non-hydrogen) atoms. The van der Waals surface area contributed by atoms with Crippen molar-refractivity contribution in [2.24, 2.45) is 0 Å². The van der Waals surface area contributed by atoms with Gasteiger partial charge in [-0.05, 0) is 54.8 Å². The van der Waals surface area contributed by atoms with E-state index in [1.165, 1.54) is 24.1 Å². The molecule has 1 aliphatic rings. The van der Waals surface area contributed by atoms with E-state index in [0.29, 0.717) is 23.5 Å². The number of benzene rings is 3. The van der Waals surface area contributed by atoms with Crippen LogP contribution in [-0.4, -0.2) is 49.6 Å². The molecule has 8 heteroatoms. The number of hydrogen-bond acceptors (Lipinski definition) is 6. The minimum absolute atomic E-state index is 0.00181. The van der Waals surface area contributed by atoms with Gasteiger partial charge in [-0.1, -0.05) is 35.9 Å². The van der Waals surface area contributed by atoms with Gasteiger partial charge in [0.05, 0.1) is 38.5 Å². The first kappa shape index (κ1) is 25.8. The molecule has 0 radical (unpaired) electrons. The molecular weight excluding hydrogens is 477 g/mol. The van der Waals surface area contributed by atoms with E-state index in [9.17, 15) is 19.1 Å². The maximum atomic E-state index is 14.1. The van der Waals surface area contributed by atoms with Crippen molar-refractivity contribution in [1.82, 2.24) is 4.90 Å². The average molecular weight is 506 g/mol. The molecule has 1 unspecified atom stereocenters. The van der Waals surface area contributed by atoms with Gasteiger partial charge in [0, 0.05) is 6.54 Å². The Morgan fingerprint density at radius 2 is 1.62 bits per heavy atom. The number of hydrogen-bond donors (Lipinski definition) is 1. The lowest BCUT2D eigenvalue weighted by Gasteiger charge is -2.26. The number of ketones is 1. The fourth-order valence-corrected chi connectivity index (χ4v) is 4.59. The molecule has 0 bridgehead atoms. The van der Waals surface area contributed by atoms with Crippen molar-refractivity contribution in [1.29, 1.82) is 0 Å². The zero-order valence-corrected chi connectivity index (χ0v) is 21.1. The lowest BCUT2D eigenvalue weighted by molar-refractivity contribution is -0.139. The summed E-state index contributed by atoms with van der Waals surface area (Å²) in [7, 11) is 4.47. The lowest BCUT2D eigenvalue weighted by Crippen LogP contribution is -2.31. The normalized spacial score (nSPS) is 16.7. The molecule has 1 aliphatic heterocycles. The molecule has 3 aromatic carbocycles. The quantitative estimate of drug-likeness (QED) is 0.268. The van der Waals surface area contributed by atoms with E-state index in [0.717, 1.165) is 17.2 Å². The summed E-state index contributed by atoms with van der Waals surface area (Å²) in [5.74, 6) is -1.39. The first-order valence-electron chi connectivity index (χ1n) is 11.7. The van der Waals surface area contributed by atoms with Crippen molar-refractivity contribution in [2.75, 3.05) is 27.9 Å². The Morgan fingerprint density at radius 3 is 2.30 bits per heavy atom. The summed E-state index contributed by atoms with van der Waals surface area (Å²) < 4.78 is 30.1. The highest BCUT2D eigenvalue weighted by Gasteiger charge is 2.46. The minimum Gasteiger partial charge on any atom is -0.507 e. The zero-order chi connectivity index (χ0) is 26.7. The number of aliphatic hydroxyl groups is 1. The molecule has 0 saturated carbocycles. The highest BCUT2D eigenvalue weighted by molar-refractivity contribution is 6.46. The van der Waals surface area contributed by atoms with Gasteiger partial charge in [0.1, 0.15) is 17.3 Å². The molecule has 0 spiro atoms. The van der Waals surface area contributed by atoms with Crippen molar-refractivity contribution in [2.45, 2.75) is 19.4 Å². The van der Waals surface area contributed by atoms with Gasteiger partial charge in [-0.25, -0.2) is 4.39 Å². The number of ether oxygens (including phenoxy) is 3. The van der Waals surface area contributed by atoms with Crippen LogP contribution in [0, 0.1) is 12.7 Å². The number of aryl methyl sites for hydroxylation is 1. The van der Waals surface area contributed by atoms with Crippen LogP contribution in [0.1, 0.15) is 28.3 Å². The van der Waals surface area contributed by atoms with Crippen LogP contribution in [0.15, 0.2) is 66.2 Å². The first-order chi connectivity index (χ1) is 17.8. The Kier molecular flexibility index (Phi) is 7.47. The van der Waals surface area contributed by atoms with Crippen LogP contribution in [0.2, 0.25) is 0 Å². The first-order valence-corrected chi connectivity index (χ1v) is 11.7. The fourth-order valence-electron chi connectivity index (χ4n) is 4.59. The van der Waals surface area contributed by atoms with Crippen molar-refractivity contribution in [3.8, 4) is 17.2 Å². The number of methoxy groups -OCH3 is 3. The Labute approximate surface area is 214 Å². The van der Waals surface area contributed by atoms with Crippen molar-refractivity contribution < 1.29 is 33.3 Å². The molecule has 7 nitrogen and oxygen atoms in total. The number of amides is 1. The molecule has 3 aromatic rings. The molecule has 1 fully saturated rings. The standard InChI is InChI=1S/C29H28FNO6/c1-17-6-5-7-19(14-17)26-25(27(32)21-16-20(30)9-11-22(21)35-2)28(33)29(34)31(26)13-12-18-8-10-23(36-3)24(15-18)37-4/h5-11,14-16,26,32H,12-13H2,1-4H3/b27-25+. The summed E-state index contributed by atoms with van der Waals surface area (Å²) in [6, 6.07) is 15.6. The number of likely N-dealkylation sites (tertiary alicyclic amines) is 1. The van der Waals surface area contributed by atoms with Crippen LogP contribution in [0.4, 0.5) is 4.39 Å². The van der Waals surface area contributed by atoms with E-state index in [1.54, 1.807) is 26.4 Å². The number of halogens is 1. The van der Waals surface area contributed by atoms with Crippen molar-refractivity contribution >= 4 is 17.4 Å². The SMILES string of the molecule is COc1ccc(CCN2C(=O)C(=O)/C(=C(/O)c3cc(F)ccc3OC)C2c2cccc(C)c2)cc1OC. The second-order valence-electron chi connectivity index (χ2n) is 8.69. The van der Waals surface area contributed by atoms with Crippen LogP contribution in [0.25, 0.3) is 5.76 Å². The summed E-state index contributed by atoms with van der Waals surface area (Å²) in [4.78, 5) is 28.0. The van der Waals surface area contributed by atoms with Crippen LogP contribution in [-0.2, 0) is 16.0 Å². The van der Waals surface area contributed by atoms with E-state index in [2.05, 4.69) is 0 Å². The molecule has 1 atom stereocenters. The predicted molar refractivity (Wildman–Crippen MR) is 136 cm³/mol. The molecule has 0 aromatic heterocycles. The number of rotatable bonds is 8. The van der Waals surface area contributed by atoms with Gasteiger partial charge in [-0.2, -0.15) is 0 Å². The van der Waals surface area contributed by atoms with E-state index < -0.39 is 29.3 Å². The predicted octanol–water partition coefficient (Wildman–Crippen LogP) is 4.82. The zero-order valence-electron chi connectivity index (χ0n) is 21.1. The average Bonchev–Trinajstić information content (AvgIpc) is 3.16. The van der Waals surface area contributed by atoms with E-state index in [1.807, 2.05) is 37.3 Å². The highest BCUT2D eigenvalue weighted by Crippen LogP contribution is 2.41. The van der Waals surface area contributed by atoms with Gasteiger partial charge in [0.25, 0.3) is 11.7 Å². The Morgan fingerprint density at radius 1 is 0.919 bits per heavy atom. The Bertz CT molecular complexity index is 1380. The second kappa shape index (κ2) is 10.7. The third kappa shape index (κ3) is 5.00. The summed E-state index contributed by atoms with van der Waals surface area (Å²) in [6.45, 7) is 2.09. The lowest BCUT2D eigenvalue weighted by atomic mass is 9.94. The third-order valence-corrected chi connectivity index (χ3v) is 6.40. The number of aliphatic hydroxyl groups excluding tert-OH is 1. The third-order valence-electron chi connectivity index (χ3n) is 6.40. The van der Waals surface area contributed by atoms with Gasteiger partial charge in [-0.15, -0.1) is 0 Å². The fraction of sp³-hybridized carbons (Fsp3) is 0.241. The molecule has 4 rings (SSSR count). The van der Waals surface area contributed by atoms with Crippen LogP contribution in [0.3, 0.4) is 0 Å². The Hall–Kier alpha value is -4.33. The molecule has 192 valence electrons. The van der Waals surface area contributed by atoms with E-state index in [-0.39, 0.29) is 23.4 Å². The van der Waals surface area contributed by atoms with Crippen molar-refractivity contribution in [3.05, 3.63) is 94.3 Å². The monoisotopic (exact) mass is 505 g/mol. The number of carbonyl (C=O) groups is 2. The van der Waals surface area contributed by atoms with Crippen LogP contribution < -0.4 is 14.2 Å². The summed E-state index contributed by atoms with van der Waals surface area (Å²) in [6.07, 6.45) is 0.416. The largest absolute Gasteiger partial charge is 0.507 e. The molecule has 0 aliphatic carbocycles. The molecule has 1 N–H and O–H groups in total. The summed E-state index contributed by atoms with van der Waals surface area (Å²) >= 11 is 0. The van der Waals surface area contributed by atoms with Gasteiger partial charge in [0.15, 0.2) is 11.5 Å². The summed E-state index contributed by atoms with van der Waals surface area (Å²) in [5.41, 5.74) is 2.33. The maximum Gasteiger partial charge on any atom is 0.295 e. The Balaban J connectivity index is 1.79. The number of nitrogens with zero attached hydrogens (tertiary/aromatic N) is 1. The maximum absolute atomic E-state index is 14.1. The number of carbonyl (C=O) groups excluding carboxylic acids is 2. The molecule has 1 amide bonds. The van der Waals surface area contributed by atoms with Gasteiger partial charge < -0.3 is 24.2 Å². The van der Waals surface area contributed by atoms with Crippen molar-refractivity contribution in [3.63, 3.8) is 0 Å². The second-order valence-corrected chi connectivity index (χ2v) is 8.69. The van der Waals surface area contributed by atoms with E-state index in [4.69, 9.17) is 14.2 Å². The smallest absolute Gasteiger partial charge is 0.295 e. The van der Waals surface area contributed by atoms with Crippen LogP contribution in [0.5, 0.6) is 17.2 Å².